The zero-order valence-corrected chi connectivity index (χ0v) is 15.5. The lowest BCUT2D eigenvalue weighted by molar-refractivity contribution is 0.171. The summed E-state index contributed by atoms with van der Waals surface area (Å²) in [6.07, 6.45) is 3.60. The van der Waals surface area contributed by atoms with E-state index in [4.69, 9.17) is 0 Å². The summed E-state index contributed by atoms with van der Waals surface area (Å²) in [6.45, 7) is 3.98. The molecule has 136 valence electrons. The van der Waals surface area contributed by atoms with Gasteiger partial charge in [-0.3, -0.25) is 4.90 Å². The molecule has 2 amide bonds. The van der Waals surface area contributed by atoms with Gasteiger partial charge in [0.15, 0.2) is 0 Å². The monoisotopic (exact) mass is 375 g/mol. The van der Waals surface area contributed by atoms with Crippen molar-refractivity contribution < 1.29 is 13.2 Å². The van der Waals surface area contributed by atoms with E-state index in [1.807, 2.05) is 13.8 Å². The van der Waals surface area contributed by atoms with Crippen LogP contribution in [0.5, 0.6) is 0 Å². The first-order valence-corrected chi connectivity index (χ1v) is 11.0. The number of fused-ring (bicyclic) bond motifs is 1. The Hall–Kier alpha value is -0.550. The Balaban J connectivity index is 1.49. The van der Waals surface area contributed by atoms with Crippen LogP contribution in [0.3, 0.4) is 0 Å². The minimum atomic E-state index is -3.35. The van der Waals surface area contributed by atoms with Crippen LogP contribution in [0.25, 0.3) is 0 Å². The van der Waals surface area contributed by atoms with Gasteiger partial charge in [0.25, 0.3) is 0 Å². The van der Waals surface area contributed by atoms with Crippen LogP contribution in [0, 0.1) is 0 Å². The summed E-state index contributed by atoms with van der Waals surface area (Å²) in [5.41, 5.74) is 5.82. The third-order valence-corrected chi connectivity index (χ3v) is 8.70. The van der Waals surface area contributed by atoms with Crippen LogP contribution >= 0.6 is 11.8 Å². The van der Waals surface area contributed by atoms with Crippen molar-refractivity contribution in [2.45, 2.75) is 79.7 Å². The van der Waals surface area contributed by atoms with Crippen LogP contribution in [-0.4, -0.2) is 53.1 Å². The van der Waals surface area contributed by atoms with E-state index in [1.54, 1.807) is 16.7 Å². The summed E-state index contributed by atoms with van der Waals surface area (Å²) < 4.78 is 28.3. The van der Waals surface area contributed by atoms with Crippen molar-refractivity contribution in [2.75, 3.05) is 0 Å². The molecule has 2 aliphatic carbocycles. The molecule has 5 unspecified atom stereocenters. The van der Waals surface area contributed by atoms with Crippen molar-refractivity contribution in [2.24, 2.45) is 0 Å². The van der Waals surface area contributed by atoms with Crippen molar-refractivity contribution in [1.29, 1.82) is 0 Å². The van der Waals surface area contributed by atoms with Crippen molar-refractivity contribution in [3.63, 3.8) is 0 Å². The van der Waals surface area contributed by atoms with E-state index >= 15 is 0 Å². The molecule has 2 aliphatic heterocycles. The molecule has 0 aromatic carbocycles. The van der Waals surface area contributed by atoms with Crippen LogP contribution in [0.4, 0.5) is 4.79 Å². The Morgan fingerprint density at radius 2 is 2.04 bits per heavy atom. The molecule has 2 heterocycles. The first-order valence-electron chi connectivity index (χ1n) is 8.56. The lowest BCUT2D eigenvalue weighted by atomic mass is 9.90. The molecule has 24 heavy (non-hydrogen) atoms. The second-order valence-electron chi connectivity index (χ2n) is 7.59. The average Bonchev–Trinajstić information content (AvgIpc) is 2.92. The first kappa shape index (κ1) is 16.9. The number of hydrazine groups is 1. The van der Waals surface area contributed by atoms with Gasteiger partial charge in [-0.2, -0.15) is 0 Å². The summed E-state index contributed by atoms with van der Waals surface area (Å²) in [5.74, 6) is 0. The van der Waals surface area contributed by atoms with Gasteiger partial charge in [-0.25, -0.2) is 28.8 Å². The molecule has 4 N–H and O–H groups in total. The van der Waals surface area contributed by atoms with E-state index in [0.29, 0.717) is 19.3 Å². The highest BCUT2D eigenvalue weighted by Crippen LogP contribution is 2.39. The van der Waals surface area contributed by atoms with Crippen molar-refractivity contribution in [1.82, 2.24) is 25.8 Å². The lowest BCUT2D eigenvalue weighted by Crippen LogP contribution is -2.53. The van der Waals surface area contributed by atoms with Crippen LogP contribution in [-0.2, 0) is 10.0 Å². The van der Waals surface area contributed by atoms with E-state index in [1.165, 1.54) is 0 Å². The zero-order valence-electron chi connectivity index (χ0n) is 13.9. The molecule has 0 radical (unpaired) electrons. The van der Waals surface area contributed by atoms with E-state index in [2.05, 4.69) is 20.9 Å². The summed E-state index contributed by atoms with van der Waals surface area (Å²) in [7, 11) is -3.35. The first-order chi connectivity index (χ1) is 11.3. The molecule has 0 aromatic heterocycles. The predicted molar refractivity (Wildman–Crippen MR) is 92.4 cm³/mol. The SMILES string of the molecule is CC1NNC(N2C(=O)NC3CCC(S(=O)(=O)NC4(C)CC4)CC32)S1. The Morgan fingerprint density at radius 3 is 2.67 bits per heavy atom. The molecule has 0 spiro atoms. The number of hydrogen-bond acceptors (Lipinski definition) is 6. The summed E-state index contributed by atoms with van der Waals surface area (Å²) >= 11 is 1.63. The largest absolute Gasteiger partial charge is 0.333 e. The number of nitrogens with zero attached hydrogens (tertiary/aromatic N) is 1. The molecule has 5 atom stereocenters. The van der Waals surface area contributed by atoms with Gasteiger partial charge in [0.1, 0.15) is 5.50 Å². The van der Waals surface area contributed by atoms with E-state index in [9.17, 15) is 13.2 Å². The van der Waals surface area contributed by atoms with Crippen LogP contribution in [0.2, 0.25) is 0 Å². The molecule has 4 rings (SSSR count). The van der Waals surface area contributed by atoms with Gasteiger partial charge in [0, 0.05) is 5.54 Å². The summed E-state index contributed by atoms with van der Waals surface area (Å²) in [5, 5.41) is 2.80. The standard InChI is InChI=1S/C14H25N5O3S2/c1-8-16-17-13(23-8)19-11-7-9(3-4-10(11)15-12(19)20)24(21,22)18-14(2)5-6-14/h8-11,13,16-18H,3-7H2,1-2H3,(H,15,20). The number of sulfonamides is 1. The second kappa shape index (κ2) is 5.73. The molecule has 2 saturated carbocycles. The summed E-state index contributed by atoms with van der Waals surface area (Å²) in [6, 6.07) is -0.151. The fourth-order valence-corrected chi connectivity index (χ4v) is 6.83. The molecule has 4 aliphatic rings. The Bertz CT molecular complexity index is 638. The quantitative estimate of drug-likeness (QED) is 0.562. The maximum Gasteiger partial charge on any atom is 0.319 e. The Labute approximate surface area is 146 Å². The van der Waals surface area contributed by atoms with Gasteiger partial charge in [0.2, 0.25) is 10.0 Å². The zero-order chi connectivity index (χ0) is 17.1. The van der Waals surface area contributed by atoms with Crippen molar-refractivity contribution >= 4 is 27.8 Å². The van der Waals surface area contributed by atoms with Crippen LogP contribution < -0.4 is 20.9 Å². The smallest absolute Gasteiger partial charge is 0.319 e. The van der Waals surface area contributed by atoms with Gasteiger partial charge in [0.05, 0.1) is 22.7 Å². The minimum Gasteiger partial charge on any atom is -0.333 e. The van der Waals surface area contributed by atoms with Gasteiger partial charge in [-0.15, -0.1) is 11.8 Å². The van der Waals surface area contributed by atoms with E-state index < -0.39 is 15.3 Å². The minimum absolute atomic E-state index is 0.0405. The number of thioether (sulfide) groups is 1. The molecular weight excluding hydrogens is 350 g/mol. The highest BCUT2D eigenvalue weighted by molar-refractivity contribution is 8.00. The molecule has 0 bridgehead atoms. The molecule has 2 saturated heterocycles. The number of nitrogens with one attached hydrogen (secondary N) is 4. The number of rotatable bonds is 4. The fourth-order valence-electron chi connectivity index (χ4n) is 3.83. The maximum absolute atomic E-state index is 12.7. The number of carbonyl (C=O) groups is 1. The number of hydrogen-bond donors (Lipinski definition) is 4. The molecule has 8 nitrogen and oxygen atoms in total. The highest BCUT2D eigenvalue weighted by atomic mass is 32.2. The third-order valence-electron chi connectivity index (χ3n) is 5.49. The highest BCUT2D eigenvalue weighted by Gasteiger charge is 2.51. The molecular formula is C14H25N5O3S2. The second-order valence-corrected chi connectivity index (χ2v) is 11.0. The van der Waals surface area contributed by atoms with Crippen LogP contribution in [0.1, 0.15) is 46.0 Å². The fraction of sp³-hybridized carbons (Fsp3) is 0.929. The number of amides is 2. The Kier molecular flexibility index (Phi) is 4.03. The molecule has 10 heteroatoms. The normalized spacial score (nSPS) is 41.2. The van der Waals surface area contributed by atoms with Gasteiger partial charge in [-0.05, 0) is 46.0 Å². The van der Waals surface area contributed by atoms with E-state index in [-0.39, 0.29) is 34.5 Å². The Morgan fingerprint density at radius 1 is 1.29 bits per heavy atom. The van der Waals surface area contributed by atoms with Crippen LogP contribution in [0.15, 0.2) is 0 Å². The summed E-state index contributed by atoms with van der Waals surface area (Å²) in [4.78, 5) is 14.2. The van der Waals surface area contributed by atoms with Gasteiger partial charge in [-0.1, -0.05) is 0 Å². The predicted octanol–water partition coefficient (Wildman–Crippen LogP) is 0.244. The third kappa shape index (κ3) is 3.03. The lowest BCUT2D eigenvalue weighted by Gasteiger charge is -2.36. The van der Waals surface area contributed by atoms with Gasteiger partial charge < -0.3 is 5.32 Å². The van der Waals surface area contributed by atoms with Crippen molar-refractivity contribution in [3.8, 4) is 0 Å². The number of carbonyl (C=O) groups excluding carboxylic acids is 1. The van der Waals surface area contributed by atoms with E-state index in [0.717, 1.165) is 12.8 Å². The maximum atomic E-state index is 12.7. The van der Waals surface area contributed by atoms with Gasteiger partial charge >= 0.3 is 6.03 Å². The molecule has 4 fully saturated rings. The average molecular weight is 376 g/mol. The van der Waals surface area contributed by atoms with Crippen molar-refractivity contribution in [3.05, 3.63) is 0 Å². The molecule has 0 aromatic rings. The number of urea groups is 1. The topological polar surface area (TPSA) is 103 Å².